The summed E-state index contributed by atoms with van der Waals surface area (Å²) in [5.41, 5.74) is 9.43. The molecule has 0 radical (unpaired) electrons. The van der Waals surface area contributed by atoms with Crippen LogP contribution in [0.3, 0.4) is 0 Å². The van der Waals surface area contributed by atoms with Crippen molar-refractivity contribution in [1.29, 1.82) is 0 Å². The van der Waals surface area contributed by atoms with Gasteiger partial charge in [0.15, 0.2) is 0 Å². The van der Waals surface area contributed by atoms with E-state index in [1.165, 1.54) is 21.8 Å². The molecule has 0 saturated carbocycles. The molecule has 0 fully saturated rings. The standard InChI is InChI=1S/C22H28N2O3S/c1-13-7-9-17(15(3)11-13)27-10-4-5-19(25)24-22-20(21(23)26)16-8-6-14(2)12-18(16)28-22/h7,9,11,14H,4-6,8,10,12H2,1-3H3,(H2,23,26)(H,24,25). The minimum absolute atomic E-state index is 0.113. The normalized spacial score (nSPS) is 15.8. The molecule has 150 valence electrons. The molecule has 0 bridgehead atoms. The van der Waals surface area contributed by atoms with Gasteiger partial charge in [-0.25, -0.2) is 0 Å². The van der Waals surface area contributed by atoms with Crippen LogP contribution in [-0.4, -0.2) is 18.4 Å². The van der Waals surface area contributed by atoms with Crippen LogP contribution in [0.15, 0.2) is 18.2 Å². The molecule has 1 aromatic carbocycles. The minimum Gasteiger partial charge on any atom is -0.493 e. The van der Waals surface area contributed by atoms with Gasteiger partial charge in [0.2, 0.25) is 5.91 Å². The zero-order valence-electron chi connectivity index (χ0n) is 16.8. The van der Waals surface area contributed by atoms with Crippen molar-refractivity contribution >= 4 is 28.2 Å². The number of primary amides is 1. The highest BCUT2D eigenvalue weighted by atomic mass is 32.1. The Hall–Kier alpha value is -2.34. The number of hydrogen-bond donors (Lipinski definition) is 2. The van der Waals surface area contributed by atoms with Crippen molar-refractivity contribution in [2.24, 2.45) is 11.7 Å². The summed E-state index contributed by atoms with van der Waals surface area (Å²) < 4.78 is 5.78. The van der Waals surface area contributed by atoms with Crippen molar-refractivity contribution < 1.29 is 14.3 Å². The number of anilines is 1. The first-order valence-corrected chi connectivity index (χ1v) is 10.6. The SMILES string of the molecule is Cc1ccc(OCCCC(=O)Nc2sc3c(c2C(N)=O)CCC(C)C3)c(C)c1. The van der Waals surface area contributed by atoms with Crippen molar-refractivity contribution in [3.8, 4) is 5.75 Å². The fourth-order valence-corrected chi connectivity index (χ4v) is 5.10. The average Bonchev–Trinajstić information content (AvgIpc) is 2.97. The van der Waals surface area contributed by atoms with E-state index in [1.54, 1.807) is 0 Å². The first kappa shape index (κ1) is 20.4. The van der Waals surface area contributed by atoms with E-state index in [1.807, 2.05) is 26.0 Å². The maximum absolute atomic E-state index is 12.4. The largest absolute Gasteiger partial charge is 0.493 e. The Balaban J connectivity index is 1.55. The van der Waals surface area contributed by atoms with Gasteiger partial charge in [-0.15, -0.1) is 11.3 Å². The molecular formula is C22H28N2O3S. The van der Waals surface area contributed by atoms with E-state index in [-0.39, 0.29) is 5.91 Å². The van der Waals surface area contributed by atoms with E-state index >= 15 is 0 Å². The summed E-state index contributed by atoms with van der Waals surface area (Å²) in [5.74, 6) is 0.874. The summed E-state index contributed by atoms with van der Waals surface area (Å²) in [7, 11) is 0. The number of thiophene rings is 1. The van der Waals surface area contributed by atoms with Gasteiger partial charge in [-0.05, 0) is 62.6 Å². The van der Waals surface area contributed by atoms with Crippen LogP contribution in [0.5, 0.6) is 5.75 Å². The molecule has 1 atom stereocenters. The Morgan fingerprint density at radius 2 is 2.11 bits per heavy atom. The quantitative estimate of drug-likeness (QED) is 0.677. The van der Waals surface area contributed by atoms with E-state index in [9.17, 15) is 9.59 Å². The number of fused-ring (bicyclic) bond motifs is 1. The fraction of sp³-hybridized carbons (Fsp3) is 0.455. The monoisotopic (exact) mass is 400 g/mol. The van der Waals surface area contributed by atoms with Crippen LogP contribution in [0, 0.1) is 19.8 Å². The van der Waals surface area contributed by atoms with E-state index < -0.39 is 5.91 Å². The number of carbonyl (C=O) groups excluding carboxylic acids is 2. The summed E-state index contributed by atoms with van der Waals surface area (Å²) in [5, 5.41) is 3.51. The Kier molecular flexibility index (Phi) is 6.39. The molecule has 1 heterocycles. The van der Waals surface area contributed by atoms with Gasteiger partial charge in [-0.3, -0.25) is 9.59 Å². The summed E-state index contributed by atoms with van der Waals surface area (Å²) in [4.78, 5) is 25.5. The average molecular weight is 401 g/mol. The van der Waals surface area contributed by atoms with Crippen LogP contribution >= 0.6 is 11.3 Å². The Morgan fingerprint density at radius 1 is 1.32 bits per heavy atom. The Bertz CT molecular complexity index is 888. The van der Waals surface area contributed by atoms with Gasteiger partial charge in [-0.2, -0.15) is 0 Å². The second-order valence-electron chi connectivity index (χ2n) is 7.69. The number of aryl methyl sites for hydroxylation is 2. The molecule has 0 spiro atoms. The molecule has 1 aliphatic rings. The van der Waals surface area contributed by atoms with Gasteiger partial charge < -0.3 is 15.8 Å². The molecule has 1 unspecified atom stereocenters. The lowest BCUT2D eigenvalue weighted by Crippen LogP contribution is -2.19. The second-order valence-corrected chi connectivity index (χ2v) is 8.79. The minimum atomic E-state index is -0.458. The lowest BCUT2D eigenvalue weighted by Gasteiger charge is -2.18. The van der Waals surface area contributed by atoms with Crippen molar-refractivity contribution in [3.05, 3.63) is 45.3 Å². The topological polar surface area (TPSA) is 81.4 Å². The van der Waals surface area contributed by atoms with Crippen LogP contribution in [-0.2, 0) is 17.6 Å². The molecule has 5 nitrogen and oxygen atoms in total. The van der Waals surface area contributed by atoms with Crippen LogP contribution in [0.4, 0.5) is 5.00 Å². The third kappa shape index (κ3) is 4.73. The summed E-state index contributed by atoms with van der Waals surface area (Å²) in [6.07, 6.45) is 3.78. The number of benzene rings is 1. The number of rotatable bonds is 7. The zero-order chi connectivity index (χ0) is 20.3. The predicted molar refractivity (Wildman–Crippen MR) is 113 cm³/mol. The zero-order valence-corrected chi connectivity index (χ0v) is 17.6. The molecule has 0 aliphatic heterocycles. The van der Waals surface area contributed by atoms with Crippen molar-refractivity contribution in [2.45, 2.75) is 52.9 Å². The molecule has 2 aromatic rings. The highest BCUT2D eigenvalue weighted by molar-refractivity contribution is 7.17. The molecule has 28 heavy (non-hydrogen) atoms. The number of nitrogens with one attached hydrogen (secondary N) is 1. The molecule has 2 amide bonds. The van der Waals surface area contributed by atoms with Crippen molar-refractivity contribution in [2.75, 3.05) is 11.9 Å². The van der Waals surface area contributed by atoms with Crippen LogP contribution in [0.1, 0.15) is 58.1 Å². The van der Waals surface area contributed by atoms with Gasteiger partial charge in [0.05, 0.1) is 12.2 Å². The third-order valence-corrected chi connectivity index (χ3v) is 6.32. The maximum atomic E-state index is 12.4. The highest BCUT2D eigenvalue weighted by Gasteiger charge is 2.27. The lowest BCUT2D eigenvalue weighted by atomic mass is 9.88. The first-order valence-electron chi connectivity index (χ1n) is 9.79. The van der Waals surface area contributed by atoms with Gasteiger partial charge in [-0.1, -0.05) is 24.6 Å². The van der Waals surface area contributed by atoms with E-state index in [4.69, 9.17) is 10.5 Å². The molecule has 3 N–H and O–H groups in total. The van der Waals surface area contributed by atoms with Crippen molar-refractivity contribution in [3.63, 3.8) is 0 Å². The van der Waals surface area contributed by atoms with Gasteiger partial charge in [0.25, 0.3) is 5.91 Å². The smallest absolute Gasteiger partial charge is 0.251 e. The van der Waals surface area contributed by atoms with Gasteiger partial charge >= 0.3 is 0 Å². The van der Waals surface area contributed by atoms with Crippen LogP contribution in [0.2, 0.25) is 0 Å². The second kappa shape index (κ2) is 8.78. The molecule has 1 aromatic heterocycles. The summed E-state index contributed by atoms with van der Waals surface area (Å²) >= 11 is 1.50. The van der Waals surface area contributed by atoms with E-state index in [0.717, 1.165) is 36.1 Å². The molecule has 6 heteroatoms. The predicted octanol–water partition coefficient (Wildman–Crippen LogP) is 4.39. The van der Waals surface area contributed by atoms with E-state index in [2.05, 4.69) is 18.3 Å². The number of ether oxygens (including phenoxy) is 1. The first-order chi connectivity index (χ1) is 13.3. The third-order valence-electron chi connectivity index (χ3n) is 5.15. The Morgan fingerprint density at radius 3 is 2.82 bits per heavy atom. The van der Waals surface area contributed by atoms with Gasteiger partial charge in [0, 0.05) is 11.3 Å². The maximum Gasteiger partial charge on any atom is 0.251 e. The Labute approximate surface area is 170 Å². The van der Waals surface area contributed by atoms with Crippen LogP contribution in [0.25, 0.3) is 0 Å². The summed E-state index contributed by atoms with van der Waals surface area (Å²) in [6.45, 7) is 6.74. The number of hydrogen-bond acceptors (Lipinski definition) is 4. The molecular weight excluding hydrogens is 372 g/mol. The van der Waals surface area contributed by atoms with E-state index in [0.29, 0.717) is 35.9 Å². The lowest BCUT2D eigenvalue weighted by molar-refractivity contribution is -0.116. The molecule has 0 saturated heterocycles. The fourth-order valence-electron chi connectivity index (χ4n) is 3.66. The number of nitrogens with two attached hydrogens (primary N) is 1. The highest BCUT2D eigenvalue weighted by Crippen LogP contribution is 2.39. The van der Waals surface area contributed by atoms with Crippen molar-refractivity contribution in [1.82, 2.24) is 0 Å². The number of amides is 2. The van der Waals surface area contributed by atoms with Crippen LogP contribution < -0.4 is 15.8 Å². The molecule has 1 aliphatic carbocycles. The molecule has 3 rings (SSSR count). The van der Waals surface area contributed by atoms with Gasteiger partial charge in [0.1, 0.15) is 10.8 Å². The number of carbonyl (C=O) groups is 2. The summed E-state index contributed by atoms with van der Waals surface area (Å²) in [6, 6.07) is 6.05.